The Hall–Kier alpha value is -1.21. The normalized spacial score (nSPS) is 14.6. The average Bonchev–Trinajstić information content (AvgIpc) is 2.43. The predicted octanol–water partition coefficient (Wildman–Crippen LogP) is 2.96. The number of halogens is 3. The molecule has 0 radical (unpaired) electrons. The predicted molar refractivity (Wildman–Crippen MR) is 79.0 cm³/mol. The average molecular weight is 320 g/mol. The van der Waals surface area contributed by atoms with Crippen LogP contribution in [0.1, 0.15) is 30.5 Å². The van der Waals surface area contributed by atoms with E-state index in [0.717, 1.165) is 17.9 Å². The summed E-state index contributed by atoms with van der Waals surface area (Å²) in [4.78, 5) is 11.8. The summed E-state index contributed by atoms with van der Waals surface area (Å²) in [7, 11) is 0. The zero-order valence-electron chi connectivity index (χ0n) is 11.9. The van der Waals surface area contributed by atoms with Crippen LogP contribution in [0.25, 0.3) is 0 Å². The van der Waals surface area contributed by atoms with Gasteiger partial charge in [-0.05, 0) is 43.0 Å². The third kappa shape index (κ3) is 5.59. The van der Waals surface area contributed by atoms with E-state index < -0.39 is 23.8 Å². The van der Waals surface area contributed by atoms with Crippen molar-refractivity contribution in [3.8, 4) is 0 Å². The fraction of sp³-hybridized carbons (Fsp3) is 0.500. The molecule has 0 bridgehead atoms. The lowest BCUT2D eigenvalue weighted by molar-refractivity contribution is -0.137. The Kier molecular flexibility index (Phi) is 6.54. The first-order chi connectivity index (χ1) is 9.75. The molecule has 1 amide bonds. The van der Waals surface area contributed by atoms with Gasteiger partial charge < -0.3 is 11.1 Å². The number of hydrogen-bond acceptors (Lipinski definition) is 3. The maximum Gasteiger partial charge on any atom is 0.416 e. The number of nitrogens with two attached hydrogens (primary N) is 1. The zero-order valence-corrected chi connectivity index (χ0v) is 12.7. The Morgan fingerprint density at radius 2 is 2.10 bits per heavy atom. The van der Waals surface area contributed by atoms with E-state index >= 15 is 0 Å². The SMILES string of the molecule is CSCC[C@H](N)C(=O)NC(C)c1cccc(C(F)(F)F)c1. The first kappa shape index (κ1) is 17.8. The number of carbonyl (C=O) groups excluding carboxylic acids is 1. The molecule has 1 unspecified atom stereocenters. The Morgan fingerprint density at radius 1 is 1.43 bits per heavy atom. The molecule has 0 fully saturated rings. The van der Waals surface area contributed by atoms with Gasteiger partial charge in [-0.2, -0.15) is 24.9 Å². The number of nitrogens with one attached hydrogen (secondary N) is 1. The number of alkyl halides is 3. The number of amides is 1. The molecule has 0 aliphatic heterocycles. The van der Waals surface area contributed by atoms with E-state index in [1.54, 1.807) is 24.8 Å². The van der Waals surface area contributed by atoms with Crippen LogP contribution in [-0.4, -0.2) is 24.0 Å². The third-order valence-corrected chi connectivity index (χ3v) is 3.69. The van der Waals surface area contributed by atoms with Crippen molar-refractivity contribution in [1.82, 2.24) is 5.32 Å². The van der Waals surface area contributed by atoms with Crippen LogP contribution >= 0.6 is 11.8 Å². The van der Waals surface area contributed by atoms with Crippen LogP contribution in [0.2, 0.25) is 0 Å². The molecule has 0 saturated carbocycles. The summed E-state index contributed by atoms with van der Waals surface area (Å²) >= 11 is 1.58. The van der Waals surface area contributed by atoms with Gasteiger partial charge in [-0.25, -0.2) is 0 Å². The number of benzene rings is 1. The first-order valence-electron chi connectivity index (χ1n) is 6.47. The van der Waals surface area contributed by atoms with E-state index in [2.05, 4.69) is 5.32 Å². The molecule has 0 spiro atoms. The van der Waals surface area contributed by atoms with Crippen molar-refractivity contribution in [2.75, 3.05) is 12.0 Å². The maximum absolute atomic E-state index is 12.7. The van der Waals surface area contributed by atoms with Crippen molar-refractivity contribution in [2.45, 2.75) is 31.6 Å². The van der Waals surface area contributed by atoms with Gasteiger partial charge in [0, 0.05) is 0 Å². The second-order valence-corrected chi connectivity index (χ2v) is 5.73. The molecule has 0 aliphatic rings. The number of thioether (sulfide) groups is 1. The molecule has 0 saturated heterocycles. The smallest absolute Gasteiger partial charge is 0.348 e. The van der Waals surface area contributed by atoms with Crippen LogP contribution < -0.4 is 11.1 Å². The lowest BCUT2D eigenvalue weighted by Gasteiger charge is -2.18. The fourth-order valence-corrected chi connectivity index (χ4v) is 2.25. The minimum atomic E-state index is -4.39. The molecule has 0 heterocycles. The topological polar surface area (TPSA) is 55.1 Å². The standard InChI is InChI=1S/C14H19F3N2OS/c1-9(19-13(20)12(18)6-7-21-2)10-4-3-5-11(8-10)14(15,16)17/h3-5,8-9,12H,6-7,18H2,1-2H3,(H,19,20)/t9?,12-/m0/s1. The minimum Gasteiger partial charge on any atom is -0.348 e. The van der Waals surface area contributed by atoms with Crippen LogP contribution in [0, 0.1) is 0 Å². The van der Waals surface area contributed by atoms with E-state index in [4.69, 9.17) is 5.73 Å². The van der Waals surface area contributed by atoms with E-state index in [-0.39, 0.29) is 5.91 Å². The molecule has 1 aromatic carbocycles. The monoisotopic (exact) mass is 320 g/mol. The highest BCUT2D eigenvalue weighted by molar-refractivity contribution is 7.98. The Bertz CT molecular complexity index is 480. The summed E-state index contributed by atoms with van der Waals surface area (Å²) in [6.07, 6.45) is -1.95. The molecule has 7 heteroatoms. The Morgan fingerprint density at radius 3 is 2.67 bits per heavy atom. The second kappa shape index (κ2) is 7.70. The van der Waals surface area contributed by atoms with Crippen LogP contribution in [0.15, 0.2) is 24.3 Å². The van der Waals surface area contributed by atoms with Gasteiger partial charge in [0.1, 0.15) is 0 Å². The molecule has 2 atom stereocenters. The van der Waals surface area contributed by atoms with Crippen LogP contribution in [0.5, 0.6) is 0 Å². The van der Waals surface area contributed by atoms with Crippen molar-refractivity contribution >= 4 is 17.7 Å². The van der Waals surface area contributed by atoms with Gasteiger partial charge >= 0.3 is 6.18 Å². The summed E-state index contributed by atoms with van der Waals surface area (Å²) in [5.41, 5.74) is 5.39. The van der Waals surface area contributed by atoms with E-state index in [1.165, 1.54) is 6.07 Å². The van der Waals surface area contributed by atoms with Crippen molar-refractivity contribution < 1.29 is 18.0 Å². The van der Waals surface area contributed by atoms with E-state index in [1.807, 2.05) is 6.26 Å². The zero-order chi connectivity index (χ0) is 16.0. The molecule has 118 valence electrons. The molecule has 1 rings (SSSR count). The molecule has 3 N–H and O–H groups in total. The van der Waals surface area contributed by atoms with E-state index in [9.17, 15) is 18.0 Å². The Labute approximate surface area is 126 Å². The summed E-state index contributed by atoms with van der Waals surface area (Å²) in [5.74, 6) is 0.404. The molecule has 0 aromatic heterocycles. The van der Waals surface area contributed by atoms with Crippen LogP contribution in [-0.2, 0) is 11.0 Å². The van der Waals surface area contributed by atoms with Gasteiger partial charge in [0.25, 0.3) is 0 Å². The number of rotatable bonds is 6. The summed E-state index contributed by atoms with van der Waals surface area (Å²) < 4.78 is 38.0. The second-order valence-electron chi connectivity index (χ2n) is 4.74. The molecule has 21 heavy (non-hydrogen) atoms. The quantitative estimate of drug-likeness (QED) is 0.847. The van der Waals surface area contributed by atoms with Crippen LogP contribution in [0.4, 0.5) is 13.2 Å². The number of hydrogen-bond donors (Lipinski definition) is 2. The fourth-order valence-electron chi connectivity index (χ4n) is 1.76. The third-order valence-electron chi connectivity index (χ3n) is 3.04. The summed E-state index contributed by atoms with van der Waals surface area (Å²) in [5, 5.41) is 2.64. The molecular formula is C14H19F3N2OS. The highest BCUT2D eigenvalue weighted by atomic mass is 32.2. The van der Waals surface area contributed by atoms with Crippen LogP contribution in [0.3, 0.4) is 0 Å². The summed E-state index contributed by atoms with van der Waals surface area (Å²) in [6, 6.07) is 3.74. The molecule has 3 nitrogen and oxygen atoms in total. The van der Waals surface area contributed by atoms with Crippen molar-refractivity contribution in [3.63, 3.8) is 0 Å². The van der Waals surface area contributed by atoms with Gasteiger partial charge in [0.15, 0.2) is 0 Å². The largest absolute Gasteiger partial charge is 0.416 e. The lowest BCUT2D eigenvalue weighted by atomic mass is 10.0. The Balaban J connectivity index is 2.71. The maximum atomic E-state index is 12.7. The van der Waals surface area contributed by atoms with Gasteiger partial charge in [-0.1, -0.05) is 12.1 Å². The van der Waals surface area contributed by atoms with Gasteiger partial charge in [-0.3, -0.25) is 4.79 Å². The highest BCUT2D eigenvalue weighted by Gasteiger charge is 2.30. The van der Waals surface area contributed by atoms with Crippen molar-refractivity contribution in [1.29, 1.82) is 0 Å². The lowest BCUT2D eigenvalue weighted by Crippen LogP contribution is -2.42. The summed E-state index contributed by atoms with van der Waals surface area (Å²) in [6.45, 7) is 1.63. The van der Waals surface area contributed by atoms with Gasteiger partial charge in [0.2, 0.25) is 5.91 Å². The number of carbonyl (C=O) groups is 1. The van der Waals surface area contributed by atoms with Gasteiger partial charge in [-0.15, -0.1) is 0 Å². The highest BCUT2D eigenvalue weighted by Crippen LogP contribution is 2.30. The van der Waals surface area contributed by atoms with Crippen molar-refractivity contribution in [3.05, 3.63) is 35.4 Å². The minimum absolute atomic E-state index is 0.353. The first-order valence-corrected chi connectivity index (χ1v) is 7.87. The molecule has 1 aromatic rings. The molecular weight excluding hydrogens is 301 g/mol. The van der Waals surface area contributed by atoms with E-state index in [0.29, 0.717) is 12.0 Å². The van der Waals surface area contributed by atoms with Crippen molar-refractivity contribution in [2.24, 2.45) is 5.73 Å². The molecule has 0 aliphatic carbocycles. The van der Waals surface area contributed by atoms with Gasteiger partial charge in [0.05, 0.1) is 17.6 Å².